The highest BCUT2D eigenvalue weighted by Crippen LogP contribution is 2.28. The Morgan fingerprint density at radius 3 is 2.78 bits per heavy atom. The topological polar surface area (TPSA) is 81.9 Å². The minimum atomic E-state index is -0.118. The van der Waals surface area contributed by atoms with Crippen LogP contribution in [-0.2, 0) is 18.3 Å². The van der Waals surface area contributed by atoms with Crippen LogP contribution >= 0.6 is 0 Å². The quantitative estimate of drug-likeness (QED) is 0.591. The first-order valence-electron chi connectivity index (χ1n) is 8.42. The Balaban J connectivity index is 1.54. The summed E-state index contributed by atoms with van der Waals surface area (Å²) < 4.78 is 7.67. The second kappa shape index (κ2) is 7.25. The third-order valence-electron chi connectivity index (χ3n) is 4.10. The Kier molecular flexibility index (Phi) is 4.49. The fourth-order valence-corrected chi connectivity index (χ4v) is 2.72. The first-order chi connectivity index (χ1) is 13.2. The molecule has 134 valence electrons. The maximum atomic E-state index is 12.3. The van der Waals surface area contributed by atoms with Crippen LogP contribution in [0, 0.1) is 0 Å². The number of hydrogen-bond donors (Lipinski definition) is 1. The van der Waals surface area contributed by atoms with Crippen molar-refractivity contribution in [1.82, 2.24) is 19.5 Å². The Morgan fingerprint density at radius 2 is 2.00 bits per heavy atom. The number of ether oxygens (including phenoxy) is 1. The molecule has 0 bridgehead atoms. The number of carbonyl (C=O) groups is 1. The van der Waals surface area contributed by atoms with E-state index in [1.54, 1.807) is 18.6 Å². The molecule has 0 fully saturated rings. The van der Waals surface area contributed by atoms with Crippen molar-refractivity contribution < 1.29 is 9.53 Å². The molecule has 27 heavy (non-hydrogen) atoms. The van der Waals surface area contributed by atoms with Crippen molar-refractivity contribution in [1.29, 1.82) is 0 Å². The molecule has 2 aromatic heterocycles. The van der Waals surface area contributed by atoms with Crippen molar-refractivity contribution in [2.45, 2.75) is 6.42 Å². The molecule has 1 amide bonds. The van der Waals surface area contributed by atoms with Gasteiger partial charge in [0.25, 0.3) is 0 Å². The summed E-state index contributed by atoms with van der Waals surface area (Å²) in [6, 6.07) is 14.9. The first kappa shape index (κ1) is 16.7. The van der Waals surface area contributed by atoms with Crippen LogP contribution in [0.2, 0.25) is 0 Å². The number of carbonyl (C=O) groups excluding carboxylic acids is 1. The molecule has 1 N–H and O–H groups in total. The molecule has 0 atom stereocenters. The summed E-state index contributed by atoms with van der Waals surface area (Å²) in [4.78, 5) is 24.8. The number of rotatable bonds is 5. The average Bonchev–Trinajstić information content (AvgIpc) is 3.07. The number of nitrogens with one attached hydrogen (secondary N) is 1. The molecule has 0 aliphatic rings. The first-order valence-corrected chi connectivity index (χ1v) is 8.42. The summed E-state index contributed by atoms with van der Waals surface area (Å²) >= 11 is 0. The molecule has 7 nitrogen and oxygen atoms in total. The number of hydrogen-bond acceptors (Lipinski definition) is 5. The Morgan fingerprint density at radius 1 is 1.15 bits per heavy atom. The van der Waals surface area contributed by atoms with Crippen LogP contribution in [0.1, 0.15) is 5.69 Å². The SMILES string of the molecule is Cn1cncc1CC(=O)Nc1ccc2c(Oc3ccccc3)ncnc2c1. The summed E-state index contributed by atoms with van der Waals surface area (Å²) in [5.74, 6) is 1.05. The van der Waals surface area contributed by atoms with Gasteiger partial charge < -0.3 is 14.6 Å². The molecule has 0 unspecified atom stereocenters. The van der Waals surface area contributed by atoms with Crippen LogP contribution < -0.4 is 10.1 Å². The van der Waals surface area contributed by atoms with Gasteiger partial charge >= 0.3 is 0 Å². The van der Waals surface area contributed by atoms with Gasteiger partial charge in [-0.05, 0) is 30.3 Å². The van der Waals surface area contributed by atoms with E-state index in [2.05, 4.69) is 20.3 Å². The van der Waals surface area contributed by atoms with Crippen LogP contribution in [0.3, 0.4) is 0 Å². The van der Waals surface area contributed by atoms with E-state index in [0.717, 1.165) is 11.1 Å². The van der Waals surface area contributed by atoms with E-state index in [9.17, 15) is 4.79 Å². The lowest BCUT2D eigenvalue weighted by atomic mass is 10.2. The third kappa shape index (κ3) is 3.77. The van der Waals surface area contributed by atoms with Gasteiger partial charge in [-0.1, -0.05) is 18.2 Å². The Labute approximate surface area is 155 Å². The molecule has 0 saturated heterocycles. The molecular weight excluding hydrogens is 342 g/mol. The van der Waals surface area contributed by atoms with Crippen molar-refractivity contribution in [2.75, 3.05) is 5.32 Å². The van der Waals surface area contributed by atoms with Gasteiger partial charge in [0.2, 0.25) is 11.8 Å². The van der Waals surface area contributed by atoms with E-state index >= 15 is 0 Å². The third-order valence-corrected chi connectivity index (χ3v) is 4.10. The maximum absolute atomic E-state index is 12.3. The van der Waals surface area contributed by atoms with E-state index in [4.69, 9.17) is 4.74 Å². The maximum Gasteiger partial charge on any atom is 0.230 e. The molecule has 0 aliphatic heterocycles. The zero-order chi connectivity index (χ0) is 18.6. The molecule has 7 heteroatoms. The zero-order valence-electron chi connectivity index (χ0n) is 14.7. The molecule has 2 heterocycles. The lowest BCUT2D eigenvalue weighted by Gasteiger charge is -2.09. The molecule has 0 spiro atoms. The van der Waals surface area contributed by atoms with Crippen molar-refractivity contribution in [3.8, 4) is 11.6 Å². The van der Waals surface area contributed by atoms with Gasteiger partial charge in [0.05, 0.1) is 23.7 Å². The minimum Gasteiger partial charge on any atom is -0.438 e. The molecule has 0 radical (unpaired) electrons. The van der Waals surface area contributed by atoms with Gasteiger partial charge in [-0.2, -0.15) is 0 Å². The Hall–Kier alpha value is -3.74. The largest absolute Gasteiger partial charge is 0.438 e. The van der Waals surface area contributed by atoms with E-state index in [-0.39, 0.29) is 12.3 Å². The van der Waals surface area contributed by atoms with Crippen LogP contribution in [0.5, 0.6) is 11.6 Å². The number of amides is 1. The number of nitrogens with zero attached hydrogens (tertiary/aromatic N) is 4. The van der Waals surface area contributed by atoms with Crippen LogP contribution in [-0.4, -0.2) is 25.4 Å². The smallest absolute Gasteiger partial charge is 0.230 e. The molecule has 2 aromatic carbocycles. The normalized spacial score (nSPS) is 10.7. The fraction of sp³-hybridized carbons (Fsp3) is 0.100. The fourth-order valence-electron chi connectivity index (χ4n) is 2.72. The number of fused-ring (bicyclic) bond motifs is 1. The molecule has 0 saturated carbocycles. The molecule has 4 rings (SSSR count). The lowest BCUT2D eigenvalue weighted by molar-refractivity contribution is -0.115. The number of benzene rings is 2. The molecule has 0 aliphatic carbocycles. The minimum absolute atomic E-state index is 0.118. The summed E-state index contributed by atoms with van der Waals surface area (Å²) in [6.45, 7) is 0. The van der Waals surface area contributed by atoms with Gasteiger partial charge in [-0.25, -0.2) is 15.0 Å². The number of aromatic nitrogens is 4. The number of para-hydroxylation sites is 1. The summed E-state index contributed by atoms with van der Waals surface area (Å²) in [5.41, 5.74) is 2.20. The van der Waals surface area contributed by atoms with Crippen molar-refractivity contribution >= 4 is 22.5 Å². The van der Waals surface area contributed by atoms with Crippen molar-refractivity contribution in [2.24, 2.45) is 7.05 Å². The highest BCUT2D eigenvalue weighted by atomic mass is 16.5. The van der Waals surface area contributed by atoms with Crippen LogP contribution in [0.15, 0.2) is 67.4 Å². The number of imidazole rings is 1. The molecule has 4 aromatic rings. The van der Waals surface area contributed by atoms with Gasteiger partial charge in [-0.3, -0.25) is 4.79 Å². The Bertz CT molecular complexity index is 1090. The predicted octanol–water partition coefficient (Wildman–Crippen LogP) is 3.34. The van der Waals surface area contributed by atoms with Gasteiger partial charge in [0.15, 0.2) is 0 Å². The number of anilines is 1. The van der Waals surface area contributed by atoms with E-state index in [0.29, 0.717) is 22.8 Å². The van der Waals surface area contributed by atoms with Crippen LogP contribution in [0.4, 0.5) is 5.69 Å². The summed E-state index contributed by atoms with van der Waals surface area (Å²) in [5, 5.41) is 3.66. The highest BCUT2D eigenvalue weighted by molar-refractivity contribution is 5.95. The lowest BCUT2D eigenvalue weighted by Crippen LogP contribution is -2.16. The van der Waals surface area contributed by atoms with Crippen molar-refractivity contribution in [3.63, 3.8) is 0 Å². The van der Waals surface area contributed by atoms with Crippen LogP contribution in [0.25, 0.3) is 10.9 Å². The number of aryl methyl sites for hydroxylation is 1. The second-order valence-corrected chi connectivity index (χ2v) is 6.05. The standard InChI is InChI=1S/C20H17N5O2/c1-25-13-21-11-15(25)10-19(26)24-14-7-8-17-18(9-14)22-12-23-20(17)27-16-5-3-2-4-6-16/h2-9,11-13H,10H2,1H3,(H,24,26). The van der Waals surface area contributed by atoms with Gasteiger partial charge in [0.1, 0.15) is 12.1 Å². The monoisotopic (exact) mass is 359 g/mol. The van der Waals surface area contributed by atoms with Gasteiger partial charge in [0, 0.05) is 24.6 Å². The van der Waals surface area contributed by atoms with E-state index < -0.39 is 0 Å². The average molecular weight is 359 g/mol. The summed E-state index contributed by atoms with van der Waals surface area (Å²) in [7, 11) is 1.86. The van der Waals surface area contributed by atoms with E-state index in [1.165, 1.54) is 6.33 Å². The van der Waals surface area contributed by atoms with Crippen molar-refractivity contribution in [3.05, 3.63) is 73.1 Å². The predicted molar refractivity (Wildman–Crippen MR) is 102 cm³/mol. The van der Waals surface area contributed by atoms with E-state index in [1.807, 2.05) is 54.1 Å². The second-order valence-electron chi connectivity index (χ2n) is 6.05. The summed E-state index contributed by atoms with van der Waals surface area (Å²) in [6.07, 6.45) is 5.05. The zero-order valence-corrected chi connectivity index (χ0v) is 14.7. The highest BCUT2D eigenvalue weighted by Gasteiger charge is 2.10. The van der Waals surface area contributed by atoms with Gasteiger partial charge in [-0.15, -0.1) is 0 Å². The molecular formula is C20H17N5O2.